The van der Waals surface area contributed by atoms with Crippen molar-refractivity contribution in [2.24, 2.45) is 17.2 Å². The molecule has 8 nitrogen and oxygen atoms in total. The van der Waals surface area contributed by atoms with Crippen molar-refractivity contribution in [2.75, 3.05) is 19.8 Å². The standard InChI is InChI=1S/C37H72O4.C6H15N3O/c1-3-5-7-9-11-13-15-17-19-21-23-25-27-29-34-40-36(38)32-31-33-37(39)41-35-30-28-26-24-22-20-18-16-14-12-10-8-6-4-2;7-4-2-1-3-5(8)6(9)10/h3-35H2,1-2H3;5H,1-4,7-8H2,(H2,9,10). The van der Waals surface area contributed by atoms with Gasteiger partial charge >= 0.3 is 11.9 Å². The Morgan fingerprint density at radius 2 is 0.725 bits per heavy atom. The van der Waals surface area contributed by atoms with E-state index in [2.05, 4.69) is 13.8 Å². The Bertz CT molecular complexity index is 690. The van der Waals surface area contributed by atoms with E-state index in [0.29, 0.717) is 45.4 Å². The van der Waals surface area contributed by atoms with Gasteiger partial charge in [0, 0.05) is 12.8 Å². The first-order chi connectivity index (χ1) is 24.9. The van der Waals surface area contributed by atoms with Crippen LogP contribution in [0.2, 0.25) is 0 Å². The lowest BCUT2D eigenvalue weighted by Crippen LogP contribution is -2.36. The average molecular weight is 726 g/mol. The van der Waals surface area contributed by atoms with Gasteiger partial charge in [-0.1, -0.05) is 187 Å². The Balaban J connectivity index is 0. The first kappa shape index (κ1) is 51.4. The molecule has 0 spiro atoms. The lowest BCUT2D eigenvalue weighted by atomic mass is 10.0. The SMILES string of the molecule is CCCCCCCCCCCCCCCCOC(=O)CCCC(=O)OCCCCCCCCCCCCCCCC.NCCCCC(N)C(N)=O. The van der Waals surface area contributed by atoms with Gasteiger partial charge in [0.2, 0.25) is 5.91 Å². The van der Waals surface area contributed by atoms with Gasteiger partial charge in [-0.2, -0.15) is 0 Å². The third-order valence-electron chi connectivity index (χ3n) is 9.62. The molecule has 0 bridgehead atoms. The van der Waals surface area contributed by atoms with Crippen molar-refractivity contribution in [3.63, 3.8) is 0 Å². The van der Waals surface area contributed by atoms with E-state index in [0.717, 1.165) is 38.5 Å². The monoisotopic (exact) mass is 726 g/mol. The Hall–Kier alpha value is -1.67. The smallest absolute Gasteiger partial charge is 0.305 e. The van der Waals surface area contributed by atoms with Crippen LogP contribution in [0.25, 0.3) is 0 Å². The molecule has 0 aromatic carbocycles. The highest BCUT2D eigenvalue weighted by Crippen LogP contribution is 2.14. The number of carbonyl (C=O) groups is 3. The van der Waals surface area contributed by atoms with Gasteiger partial charge in [0.1, 0.15) is 0 Å². The molecule has 0 saturated heterocycles. The van der Waals surface area contributed by atoms with Gasteiger partial charge in [0.25, 0.3) is 0 Å². The second kappa shape index (κ2) is 44.5. The molecule has 51 heavy (non-hydrogen) atoms. The molecule has 0 aromatic rings. The molecule has 1 amide bonds. The molecule has 0 aliphatic rings. The number of hydrogen-bond donors (Lipinski definition) is 3. The van der Waals surface area contributed by atoms with E-state index >= 15 is 0 Å². The van der Waals surface area contributed by atoms with Crippen LogP contribution in [0.5, 0.6) is 0 Å². The highest BCUT2D eigenvalue weighted by atomic mass is 16.5. The number of esters is 2. The predicted molar refractivity (Wildman–Crippen MR) is 216 cm³/mol. The van der Waals surface area contributed by atoms with E-state index in [9.17, 15) is 14.4 Å². The predicted octanol–water partition coefficient (Wildman–Crippen LogP) is 11.1. The first-order valence-electron chi connectivity index (χ1n) is 21.9. The summed E-state index contributed by atoms with van der Waals surface area (Å²) in [6, 6.07) is -0.494. The van der Waals surface area contributed by atoms with Crippen LogP contribution in [-0.4, -0.2) is 43.6 Å². The number of nitrogens with two attached hydrogens (primary N) is 3. The number of ether oxygens (including phenoxy) is 2. The topological polar surface area (TPSA) is 148 Å². The molecule has 0 radical (unpaired) electrons. The van der Waals surface area contributed by atoms with Gasteiger partial charge in [-0.05, 0) is 38.6 Å². The number of primary amides is 1. The highest BCUT2D eigenvalue weighted by molar-refractivity contribution is 5.79. The highest BCUT2D eigenvalue weighted by Gasteiger charge is 2.08. The third kappa shape index (κ3) is 46.3. The first-order valence-corrected chi connectivity index (χ1v) is 21.9. The van der Waals surface area contributed by atoms with Crippen LogP contribution in [0.15, 0.2) is 0 Å². The van der Waals surface area contributed by atoms with Crippen molar-refractivity contribution >= 4 is 17.8 Å². The largest absolute Gasteiger partial charge is 0.466 e. The Labute approximate surface area is 316 Å². The molecule has 0 saturated carbocycles. The molecule has 0 aliphatic heterocycles. The molecule has 0 fully saturated rings. The zero-order chi connectivity index (χ0) is 37.9. The second-order valence-corrected chi connectivity index (χ2v) is 14.8. The van der Waals surface area contributed by atoms with Gasteiger partial charge in [-0.25, -0.2) is 0 Å². The summed E-state index contributed by atoms with van der Waals surface area (Å²) in [7, 11) is 0. The van der Waals surface area contributed by atoms with E-state index in [1.165, 1.54) is 154 Å². The number of unbranched alkanes of at least 4 members (excludes halogenated alkanes) is 27. The van der Waals surface area contributed by atoms with Crippen molar-refractivity contribution in [2.45, 2.75) is 238 Å². The molecule has 8 heteroatoms. The fourth-order valence-electron chi connectivity index (χ4n) is 6.14. The maximum Gasteiger partial charge on any atom is 0.305 e. The molecule has 0 heterocycles. The van der Waals surface area contributed by atoms with E-state index in [4.69, 9.17) is 26.7 Å². The minimum atomic E-state index is -0.494. The van der Waals surface area contributed by atoms with Crippen molar-refractivity contribution in [1.29, 1.82) is 0 Å². The van der Waals surface area contributed by atoms with E-state index in [1.54, 1.807) is 0 Å². The quantitative estimate of drug-likeness (QED) is 0.0422. The van der Waals surface area contributed by atoms with Crippen LogP contribution < -0.4 is 17.2 Å². The lowest BCUT2D eigenvalue weighted by molar-refractivity contribution is -0.145. The summed E-state index contributed by atoms with van der Waals surface area (Å²) < 4.78 is 10.7. The lowest BCUT2D eigenvalue weighted by Gasteiger charge is -2.06. The maximum atomic E-state index is 11.9. The fourth-order valence-corrected chi connectivity index (χ4v) is 6.14. The Morgan fingerprint density at radius 1 is 0.431 bits per heavy atom. The van der Waals surface area contributed by atoms with Gasteiger partial charge in [-0.3, -0.25) is 14.4 Å². The van der Waals surface area contributed by atoms with Crippen LogP contribution in [0.3, 0.4) is 0 Å². The number of hydrogen-bond acceptors (Lipinski definition) is 7. The molecule has 1 atom stereocenters. The number of carbonyl (C=O) groups excluding carboxylic acids is 3. The van der Waals surface area contributed by atoms with Crippen molar-refractivity contribution in [3.8, 4) is 0 Å². The Morgan fingerprint density at radius 3 is 1.00 bits per heavy atom. The second-order valence-electron chi connectivity index (χ2n) is 14.8. The van der Waals surface area contributed by atoms with Gasteiger partial charge in [0.05, 0.1) is 19.3 Å². The van der Waals surface area contributed by atoms with Crippen molar-refractivity contribution in [3.05, 3.63) is 0 Å². The normalized spacial score (nSPS) is 11.5. The van der Waals surface area contributed by atoms with Gasteiger partial charge in [0.15, 0.2) is 0 Å². The summed E-state index contributed by atoms with van der Waals surface area (Å²) in [5.74, 6) is -0.795. The van der Waals surface area contributed by atoms with Crippen LogP contribution in [0, 0.1) is 0 Å². The zero-order valence-electron chi connectivity index (χ0n) is 34.0. The molecule has 0 aliphatic carbocycles. The average Bonchev–Trinajstić information content (AvgIpc) is 3.11. The summed E-state index contributed by atoms with van der Waals surface area (Å²) in [6.45, 7) is 6.22. The van der Waals surface area contributed by atoms with Crippen LogP contribution in [0.1, 0.15) is 232 Å². The molecule has 0 rings (SSSR count). The van der Waals surface area contributed by atoms with Crippen LogP contribution in [0.4, 0.5) is 0 Å². The van der Waals surface area contributed by atoms with Crippen molar-refractivity contribution in [1.82, 2.24) is 0 Å². The van der Waals surface area contributed by atoms with Gasteiger partial charge in [-0.15, -0.1) is 0 Å². The molecular weight excluding hydrogens is 638 g/mol. The number of rotatable bonds is 39. The molecule has 1 unspecified atom stereocenters. The zero-order valence-corrected chi connectivity index (χ0v) is 34.0. The summed E-state index contributed by atoms with van der Waals surface area (Å²) in [5, 5.41) is 0. The summed E-state index contributed by atoms with van der Waals surface area (Å²) in [4.78, 5) is 34.1. The Kier molecular flexibility index (Phi) is 44.9. The molecular formula is C43H87N3O5. The summed E-state index contributed by atoms with van der Waals surface area (Å²) in [5.41, 5.74) is 15.5. The molecule has 304 valence electrons. The summed E-state index contributed by atoms with van der Waals surface area (Å²) >= 11 is 0. The van der Waals surface area contributed by atoms with E-state index in [1.807, 2.05) is 0 Å². The maximum absolute atomic E-state index is 11.9. The number of amides is 1. The fraction of sp³-hybridized carbons (Fsp3) is 0.930. The van der Waals surface area contributed by atoms with Gasteiger partial charge < -0.3 is 26.7 Å². The summed E-state index contributed by atoms with van der Waals surface area (Å²) in [6.07, 6.45) is 40.6. The van der Waals surface area contributed by atoms with Crippen LogP contribution in [-0.2, 0) is 23.9 Å². The van der Waals surface area contributed by atoms with Crippen molar-refractivity contribution < 1.29 is 23.9 Å². The van der Waals surface area contributed by atoms with E-state index < -0.39 is 11.9 Å². The van der Waals surface area contributed by atoms with Crippen LogP contribution >= 0.6 is 0 Å². The minimum Gasteiger partial charge on any atom is -0.466 e. The molecule has 0 aromatic heterocycles. The minimum absolute atomic E-state index is 0.181. The van der Waals surface area contributed by atoms with E-state index in [-0.39, 0.29) is 11.9 Å². The molecule has 6 N–H and O–H groups in total. The third-order valence-corrected chi connectivity index (χ3v) is 9.62.